The van der Waals surface area contributed by atoms with Gasteiger partial charge in [-0.25, -0.2) is 0 Å². The minimum absolute atomic E-state index is 0.141. The van der Waals surface area contributed by atoms with E-state index >= 15 is 0 Å². The molecule has 2 saturated heterocycles. The molecule has 1 N–H and O–H groups in total. The van der Waals surface area contributed by atoms with Gasteiger partial charge in [0.1, 0.15) is 0 Å². The molecule has 1 unspecified atom stereocenters. The van der Waals surface area contributed by atoms with Crippen LogP contribution >= 0.6 is 0 Å². The number of nitrogens with one attached hydrogen (secondary N) is 1. The van der Waals surface area contributed by atoms with Crippen LogP contribution in [0.3, 0.4) is 0 Å². The Bertz CT molecular complexity index is 261. The Labute approximate surface area is 104 Å². The van der Waals surface area contributed by atoms with E-state index in [-0.39, 0.29) is 6.04 Å². The van der Waals surface area contributed by atoms with Crippen molar-refractivity contribution in [3.05, 3.63) is 0 Å². The van der Waals surface area contributed by atoms with Crippen molar-refractivity contribution < 1.29 is 4.79 Å². The first kappa shape index (κ1) is 12.8. The lowest BCUT2D eigenvalue weighted by atomic mass is 9.99. The fourth-order valence-electron chi connectivity index (χ4n) is 2.93. The van der Waals surface area contributed by atoms with Crippen molar-refractivity contribution in [2.75, 3.05) is 32.7 Å². The van der Waals surface area contributed by atoms with E-state index in [4.69, 9.17) is 0 Å². The third-order valence-corrected chi connectivity index (χ3v) is 3.92. The van der Waals surface area contributed by atoms with Crippen molar-refractivity contribution in [1.29, 1.82) is 0 Å². The zero-order valence-corrected chi connectivity index (χ0v) is 11.1. The summed E-state index contributed by atoms with van der Waals surface area (Å²) in [7, 11) is 0. The van der Waals surface area contributed by atoms with Crippen molar-refractivity contribution in [2.45, 2.75) is 45.2 Å². The Morgan fingerprint density at radius 2 is 1.88 bits per heavy atom. The lowest BCUT2D eigenvalue weighted by Crippen LogP contribution is -2.56. The van der Waals surface area contributed by atoms with Gasteiger partial charge in [-0.3, -0.25) is 9.69 Å². The molecule has 1 amide bonds. The van der Waals surface area contributed by atoms with Gasteiger partial charge in [0, 0.05) is 32.2 Å². The lowest BCUT2D eigenvalue weighted by Gasteiger charge is -2.40. The SMILES string of the molecule is CC(C)N1CCCCC1C(=O)N1CCNCC1. The average Bonchev–Trinajstić information content (AvgIpc) is 2.39. The van der Waals surface area contributed by atoms with E-state index in [2.05, 4.69) is 24.1 Å². The molecule has 2 aliphatic rings. The molecule has 2 heterocycles. The third-order valence-electron chi connectivity index (χ3n) is 3.92. The van der Waals surface area contributed by atoms with Gasteiger partial charge in [-0.2, -0.15) is 0 Å². The van der Waals surface area contributed by atoms with Crippen LogP contribution < -0.4 is 5.32 Å². The highest BCUT2D eigenvalue weighted by atomic mass is 16.2. The molecule has 0 radical (unpaired) electrons. The molecule has 0 spiro atoms. The number of amides is 1. The summed E-state index contributed by atoms with van der Waals surface area (Å²) in [6.07, 6.45) is 3.48. The van der Waals surface area contributed by atoms with Crippen LogP contribution in [0, 0.1) is 0 Å². The Morgan fingerprint density at radius 3 is 2.53 bits per heavy atom. The van der Waals surface area contributed by atoms with Gasteiger partial charge in [0.2, 0.25) is 5.91 Å². The van der Waals surface area contributed by atoms with Gasteiger partial charge >= 0.3 is 0 Å². The maximum absolute atomic E-state index is 12.5. The molecule has 2 fully saturated rings. The fraction of sp³-hybridized carbons (Fsp3) is 0.923. The van der Waals surface area contributed by atoms with Gasteiger partial charge in [0.15, 0.2) is 0 Å². The quantitative estimate of drug-likeness (QED) is 0.770. The summed E-state index contributed by atoms with van der Waals surface area (Å²) in [5, 5.41) is 3.30. The van der Waals surface area contributed by atoms with Crippen LogP contribution in [0.2, 0.25) is 0 Å². The van der Waals surface area contributed by atoms with Gasteiger partial charge in [-0.15, -0.1) is 0 Å². The number of carbonyl (C=O) groups is 1. The molecule has 0 aromatic rings. The van der Waals surface area contributed by atoms with Crippen molar-refractivity contribution >= 4 is 5.91 Å². The minimum atomic E-state index is 0.141. The second-order valence-electron chi connectivity index (χ2n) is 5.42. The number of hydrogen-bond acceptors (Lipinski definition) is 3. The maximum Gasteiger partial charge on any atom is 0.240 e. The topological polar surface area (TPSA) is 35.6 Å². The molecular weight excluding hydrogens is 214 g/mol. The molecule has 4 heteroatoms. The van der Waals surface area contributed by atoms with Crippen LogP contribution in [-0.2, 0) is 4.79 Å². The summed E-state index contributed by atoms with van der Waals surface area (Å²) in [5.74, 6) is 0.361. The third kappa shape index (κ3) is 2.99. The van der Waals surface area contributed by atoms with Crippen molar-refractivity contribution in [3.8, 4) is 0 Å². The number of likely N-dealkylation sites (tertiary alicyclic amines) is 1. The van der Waals surface area contributed by atoms with E-state index in [1.165, 1.54) is 12.8 Å². The fourth-order valence-corrected chi connectivity index (χ4v) is 2.93. The molecule has 1 atom stereocenters. The van der Waals surface area contributed by atoms with Gasteiger partial charge in [0.25, 0.3) is 0 Å². The molecule has 2 aliphatic heterocycles. The van der Waals surface area contributed by atoms with E-state index in [1.807, 2.05) is 4.90 Å². The smallest absolute Gasteiger partial charge is 0.240 e. The largest absolute Gasteiger partial charge is 0.339 e. The first-order valence-electron chi connectivity index (χ1n) is 6.95. The normalized spacial score (nSPS) is 27.5. The number of rotatable bonds is 2. The molecule has 17 heavy (non-hydrogen) atoms. The van der Waals surface area contributed by atoms with E-state index in [9.17, 15) is 4.79 Å². The predicted molar refractivity (Wildman–Crippen MR) is 68.9 cm³/mol. The monoisotopic (exact) mass is 239 g/mol. The summed E-state index contributed by atoms with van der Waals surface area (Å²) in [6.45, 7) is 9.12. The van der Waals surface area contributed by atoms with E-state index in [1.54, 1.807) is 0 Å². The van der Waals surface area contributed by atoms with E-state index < -0.39 is 0 Å². The first-order valence-corrected chi connectivity index (χ1v) is 6.95. The number of piperazine rings is 1. The number of nitrogens with zero attached hydrogens (tertiary/aromatic N) is 2. The van der Waals surface area contributed by atoms with Crippen LogP contribution in [0.5, 0.6) is 0 Å². The second kappa shape index (κ2) is 5.83. The lowest BCUT2D eigenvalue weighted by molar-refractivity contribution is -0.139. The minimum Gasteiger partial charge on any atom is -0.339 e. The standard InChI is InChI=1S/C13H25N3O/c1-11(2)16-8-4-3-5-12(16)13(17)15-9-6-14-7-10-15/h11-12,14H,3-10H2,1-2H3. The highest BCUT2D eigenvalue weighted by molar-refractivity contribution is 5.82. The van der Waals surface area contributed by atoms with Gasteiger partial charge in [-0.05, 0) is 33.2 Å². The summed E-state index contributed by atoms with van der Waals surface area (Å²) >= 11 is 0. The molecular formula is C13H25N3O. The highest BCUT2D eigenvalue weighted by Gasteiger charge is 2.33. The zero-order valence-electron chi connectivity index (χ0n) is 11.1. The Hall–Kier alpha value is -0.610. The van der Waals surface area contributed by atoms with Crippen LogP contribution in [0.25, 0.3) is 0 Å². The van der Waals surface area contributed by atoms with E-state index in [0.29, 0.717) is 11.9 Å². The average molecular weight is 239 g/mol. The van der Waals surface area contributed by atoms with Crippen molar-refractivity contribution in [2.24, 2.45) is 0 Å². The van der Waals surface area contributed by atoms with Gasteiger partial charge < -0.3 is 10.2 Å². The second-order valence-corrected chi connectivity index (χ2v) is 5.42. The Balaban J connectivity index is 1.99. The molecule has 0 saturated carbocycles. The molecule has 2 rings (SSSR count). The van der Waals surface area contributed by atoms with E-state index in [0.717, 1.165) is 39.1 Å². The Kier molecular flexibility index (Phi) is 4.40. The number of carbonyl (C=O) groups excluding carboxylic acids is 1. The summed E-state index contributed by atoms with van der Waals surface area (Å²) in [4.78, 5) is 17.0. The van der Waals surface area contributed by atoms with Gasteiger partial charge in [-0.1, -0.05) is 6.42 Å². The molecule has 0 bridgehead atoms. The summed E-state index contributed by atoms with van der Waals surface area (Å²) in [5.41, 5.74) is 0. The molecule has 0 aromatic heterocycles. The Morgan fingerprint density at radius 1 is 1.18 bits per heavy atom. The highest BCUT2D eigenvalue weighted by Crippen LogP contribution is 2.21. The maximum atomic E-state index is 12.5. The van der Waals surface area contributed by atoms with Gasteiger partial charge in [0.05, 0.1) is 6.04 Å². The van der Waals surface area contributed by atoms with Crippen LogP contribution in [0.15, 0.2) is 0 Å². The molecule has 98 valence electrons. The summed E-state index contributed by atoms with van der Waals surface area (Å²) in [6, 6.07) is 0.619. The van der Waals surface area contributed by atoms with Crippen LogP contribution in [-0.4, -0.2) is 60.5 Å². The molecule has 4 nitrogen and oxygen atoms in total. The summed E-state index contributed by atoms with van der Waals surface area (Å²) < 4.78 is 0. The predicted octanol–water partition coefficient (Wildman–Crippen LogP) is 0.681. The molecule has 0 aromatic carbocycles. The van der Waals surface area contributed by atoms with Crippen molar-refractivity contribution in [3.63, 3.8) is 0 Å². The van der Waals surface area contributed by atoms with Crippen LogP contribution in [0.1, 0.15) is 33.1 Å². The molecule has 0 aliphatic carbocycles. The van der Waals surface area contributed by atoms with Crippen molar-refractivity contribution in [1.82, 2.24) is 15.1 Å². The number of hydrogen-bond donors (Lipinski definition) is 1. The first-order chi connectivity index (χ1) is 8.20. The van der Waals surface area contributed by atoms with Crippen LogP contribution in [0.4, 0.5) is 0 Å². The number of piperidine rings is 1. The zero-order chi connectivity index (χ0) is 12.3.